The lowest BCUT2D eigenvalue weighted by Gasteiger charge is -2.25. The van der Waals surface area contributed by atoms with Crippen LogP contribution in [0.15, 0.2) is 12.1 Å². The number of likely N-dealkylation sites (tertiary alicyclic amines) is 1. The van der Waals surface area contributed by atoms with E-state index in [1.54, 1.807) is 13.2 Å². The molecule has 1 heterocycles. The van der Waals surface area contributed by atoms with Gasteiger partial charge in [-0.1, -0.05) is 18.0 Å². The maximum Gasteiger partial charge on any atom is 0.238 e. The van der Waals surface area contributed by atoms with E-state index in [0.29, 0.717) is 23.0 Å². The summed E-state index contributed by atoms with van der Waals surface area (Å²) in [4.78, 5) is 14.3. The van der Waals surface area contributed by atoms with Gasteiger partial charge in [0.2, 0.25) is 5.91 Å². The zero-order valence-electron chi connectivity index (χ0n) is 12.0. The van der Waals surface area contributed by atoms with E-state index in [4.69, 9.17) is 16.3 Å². The molecule has 110 valence electrons. The van der Waals surface area contributed by atoms with Gasteiger partial charge in [-0.15, -0.1) is 0 Å². The number of ether oxygens (including phenoxy) is 1. The Labute approximate surface area is 125 Å². The Kier molecular flexibility index (Phi) is 5.26. The Morgan fingerprint density at radius 1 is 1.35 bits per heavy atom. The molecule has 0 atom stereocenters. The van der Waals surface area contributed by atoms with Crippen molar-refractivity contribution in [3.8, 4) is 5.75 Å². The molecule has 5 heteroatoms. The Morgan fingerprint density at radius 3 is 2.70 bits per heavy atom. The largest absolute Gasteiger partial charge is 0.495 e. The van der Waals surface area contributed by atoms with Gasteiger partial charge in [-0.2, -0.15) is 0 Å². The van der Waals surface area contributed by atoms with Crippen LogP contribution in [0.1, 0.15) is 24.8 Å². The molecule has 0 aromatic heterocycles. The molecule has 0 aliphatic carbocycles. The molecule has 20 heavy (non-hydrogen) atoms. The van der Waals surface area contributed by atoms with Gasteiger partial charge in [0, 0.05) is 11.1 Å². The van der Waals surface area contributed by atoms with Crippen LogP contribution in [0.5, 0.6) is 5.75 Å². The minimum Gasteiger partial charge on any atom is -0.495 e. The first-order valence-corrected chi connectivity index (χ1v) is 7.34. The highest BCUT2D eigenvalue weighted by molar-refractivity contribution is 6.31. The lowest BCUT2D eigenvalue weighted by molar-refractivity contribution is -0.117. The van der Waals surface area contributed by atoms with Crippen LogP contribution in [0.3, 0.4) is 0 Å². The number of carbonyl (C=O) groups is 1. The van der Waals surface area contributed by atoms with Crippen molar-refractivity contribution in [1.29, 1.82) is 0 Å². The molecule has 1 amide bonds. The molecular weight excluding hydrogens is 276 g/mol. The predicted molar refractivity (Wildman–Crippen MR) is 81.7 cm³/mol. The van der Waals surface area contributed by atoms with E-state index in [1.807, 2.05) is 13.0 Å². The normalized spacial score (nSPS) is 15.9. The van der Waals surface area contributed by atoms with Crippen LogP contribution in [-0.4, -0.2) is 37.6 Å². The molecule has 0 saturated carbocycles. The highest BCUT2D eigenvalue weighted by Crippen LogP contribution is 2.30. The van der Waals surface area contributed by atoms with Gasteiger partial charge in [0.25, 0.3) is 0 Å². The zero-order chi connectivity index (χ0) is 14.5. The second-order valence-electron chi connectivity index (χ2n) is 5.19. The molecule has 0 radical (unpaired) electrons. The van der Waals surface area contributed by atoms with Crippen molar-refractivity contribution in [2.24, 2.45) is 0 Å². The van der Waals surface area contributed by atoms with Crippen LogP contribution < -0.4 is 10.1 Å². The Morgan fingerprint density at radius 2 is 2.05 bits per heavy atom. The van der Waals surface area contributed by atoms with Crippen molar-refractivity contribution in [1.82, 2.24) is 4.90 Å². The number of benzene rings is 1. The second kappa shape index (κ2) is 6.95. The summed E-state index contributed by atoms with van der Waals surface area (Å²) in [6.45, 7) is 4.35. The first-order chi connectivity index (χ1) is 9.60. The van der Waals surface area contributed by atoms with Crippen molar-refractivity contribution >= 4 is 23.2 Å². The van der Waals surface area contributed by atoms with Gasteiger partial charge in [0.15, 0.2) is 0 Å². The van der Waals surface area contributed by atoms with E-state index in [-0.39, 0.29) is 5.91 Å². The average molecular weight is 297 g/mol. The van der Waals surface area contributed by atoms with Crippen LogP contribution in [0, 0.1) is 6.92 Å². The lowest BCUT2D eigenvalue weighted by atomic mass is 10.1. The molecule has 2 rings (SSSR count). The number of rotatable bonds is 4. The van der Waals surface area contributed by atoms with E-state index < -0.39 is 0 Å². The first-order valence-electron chi connectivity index (χ1n) is 6.96. The summed E-state index contributed by atoms with van der Waals surface area (Å²) in [5, 5.41) is 3.55. The van der Waals surface area contributed by atoms with Crippen molar-refractivity contribution < 1.29 is 9.53 Å². The van der Waals surface area contributed by atoms with E-state index in [0.717, 1.165) is 18.7 Å². The Bertz CT molecular complexity index is 485. The second-order valence-corrected chi connectivity index (χ2v) is 5.59. The van der Waals surface area contributed by atoms with Gasteiger partial charge >= 0.3 is 0 Å². The van der Waals surface area contributed by atoms with Crippen LogP contribution in [0.2, 0.25) is 5.02 Å². The monoisotopic (exact) mass is 296 g/mol. The summed E-state index contributed by atoms with van der Waals surface area (Å²) in [6, 6.07) is 3.57. The minimum atomic E-state index is -0.00748. The molecule has 0 spiro atoms. The first kappa shape index (κ1) is 15.1. The number of amides is 1. The summed E-state index contributed by atoms with van der Waals surface area (Å²) in [5.74, 6) is 0.583. The van der Waals surface area contributed by atoms with Crippen molar-refractivity contribution in [2.75, 3.05) is 32.1 Å². The minimum absolute atomic E-state index is 0.00748. The third-order valence-electron chi connectivity index (χ3n) is 3.57. The number of anilines is 1. The van der Waals surface area contributed by atoms with Gasteiger partial charge in [0.05, 0.1) is 19.3 Å². The predicted octanol–water partition coefficient (Wildman–Crippen LogP) is 3.08. The number of nitrogens with one attached hydrogen (secondary N) is 1. The van der Waals surface area contributed by atoms with Gasteiger partial charge in [-0.3, -0.25) is 9.69 Å². The van der Waals surface area contributed by atoms with Gasteiger partial charge < -0.3 is 10.1 Å². The topological polar surface area (TPSA) is 41.6 Å². The van der Waals surface area contributed by atoms with E-state index in [2.05, 4.69) is 10.2 Å². The molecule has 1 aromatic carbocycles. The summed E-state index contributed by atoms with van der Waals surface area (Å²) in [6.07, 6.45) is 3.62. The summed E-state index contributed by atoms with van der Waals surface area (Å²) < 4.78 is 5.26. The maximum absolute atomic E-state index is 12.1. The number of aryl methyl sites for hydroxylation is 1. The average Bonchev–Trinajstić information content (AvgIpc) is 2.43. The Hall–Kier alpha value is -1.26. The summed E-state index contributed by atoms with van der Waals surface area (Å²) >= 11 is 6.06. The van der Waals surface area contributed by atoms with Crippen molar-refractivity contribution in [2.45, 2.75) is 26.2 Å². The number of nitrogens with zero attached hydrogens (tertiary/aromatic N) is 1. The molecule has 4 nitrogen and oxygen atoms in total. The fourth-order valence-electron chi connectivity index (χ4n) is 2.44. The Balaban J connectivity index is 2.01. The van der Waals surface area contributed by atoms with Gasteiger partial charge in [-0.05, 0) is 44.5 Å². The SMILES string of the molecule is COc1cc(Cl)c(C)cc1NC(=O)CN1CCCCC1. The molecule has 0 unspecified atom stereocenters. The highest BCUT2D eigenvalue weighted by atomic mass is 35.5. The number of methoxy groups -OCH3 is 1. The molecule has 1 N–H and O–H groups in total. The van der Waals surface area contributed by atoms with E-state index >= 15 is 0 Å². The molecule has 1 saturated heterocycles. The van der Waals surface area contributed by atoms with Crippen molar-refractivity contribution in [3.63, 3.8) is 0 Å². The fourth-order valence-corrected chi connectivity index (χ4v) is 2.59. The molecule has 1 aliphatic rings. The summed E-state index contributed by atoms with van der Waals surface area (Å²) in [7, 11) is 1.57. The number of carbonyl (C=O) groups excluding carboxylic acids is 1. The molecule has 0 bridgehead atoms. The highest BCUT2D eigenvalue weighted by Gasteiger charge is 2.15. The van der Waals surface area contributed by atoms with Crippen LogP contribution in [0.25, 0.3) is 0 Å². The standard InChI is InChI=1S/C15H21ClN2O2/c1-11-8-13(14(20-2)9-12(11)16)17-15(19)10-18-6-4-3-5-7-18/h8-9H,3-7,10H2,1-2H3,(H,17,19). The number of hydrogen-bond acceptors (Lipinski definition) is 3. The summed E-state index contributed by atoms with van der Waals surface area (Å²) in [5.41, 5.74) is 1.59. The molecule has 1 aromatic rings. The lowest BCUT2D eigenvalue weighted by Crippen LogP contribution is -2.36. The fraction of sp³-hybridized carbons (Fsp3) is 0.533. The zero-order valence-corrected chi connectivity index (χ0v) is 12.8. The molecule has 1 aliphatic heterocycles. The van der Waals surface area contributed by atoms with E-state index in [1.165, 1.54) is 19.3 Å². The number of piperidine rings is 1. The quantitative estimate of drug-likeness (QED) is 0.928. The smallest absolute Gasteiger partial charge is 0.238 e. The van der Waals surface area contributed by atoms with Gasteiger partial charge in [-0.25, -0.2) is 0 Å². The number of halogens is 1. The van der Waals surface area contributed by atoms with Crippen LogP contribution in [0.4, 0.5) is 5.69 Å². The molecule has 1 fully saturated rings. The third kappa shape index (κ3) is 3.87. The van der Waals surface area contributed by atoms with Crippen LogP contribution >= 0.6 is 11.6 Å². The van der Waals surface area contributed by atoms with Gasteiger partial charge in [0.1, 0.15) is 5.75 Å². The van der Waals surface area contributed by atoms with E-state index in [9.17, 15) is 4.79 Å². The van der Waals surface area contributed by atoms with Crippen molar-refractivity contribution in [3.05, 3.63) is 22.7 Å². The van der Waals surface area contributed by atoms with Crippen LogP contribution in [-0.2, 0) is 4.79 Å². The molecular formula is C15H21ClN2O2. The number of hydrogen-bond donors (Lipinski definition) is 1. The maximum atomic E-state index is 12.1. The third-order valence-corrected chi connectivity index (χ3v) is 3.98.